The van der Waals surface area contributed by atoms with Gasteiger partial charge >= 0.3 is 0 Å². The van der Waals surface area contributed by atoms with Gasteiger partial charge in [-0.05, 0) is 6.08 Å². The fraction of sp³-hybridized carbons (Fsp3) is 0.700. The third-order valence-corrected chi connectivity index (χ3v) is 2.54. The van der Waals surface area contributed by atoms with Crippen LogP contribution in [0.2, 0.25) is 0 Å². The van der Waals surface area contributed by atoms with Crippen LogP contribution in [0.15, 0.2) is 12.7 Å². The zero-order valence-electron chi connectivity index (χ0n) is 8.47. The van der Waals surface area contributed by atoms with E-state index in [0.717, 1.165) is 26.2 Å². The molecule has 2 rings (SSSR count). The summed E-state index contributed by atoms with van der Waals surface area (Å²) < 4.78 is 0. The van der Waals surface area contributed by atoms with Crippen LogP contribution in [0.3, 0.4) is 0 Å². The highest BCUT2D eigenvalue weighted by Crippen LogP contribution is 2.33. The summed E-state index contributed by atoms with van der Waals surface area (Å²) in [6, 6.07) is 0. The molecule has 2 saturated heterocycles. The summed E-state index contributed by atoms with van der Waals surface area (Å²) in [5.74, 6) is 0.0718. The summed E-state index contributed by atoms with van der Waals surface area (Å²) in [6.07, 6.45) is 1.39. The number of hydrogen-bond acceptors (Lipinski definition) is 2. The van der Waals surface area contributed by atoms with Crippen molar-refractivity contribution in [2.24, 2.45) is 5.41 Å². The van der Waals surface area contributed by atoms with Crippen LogP contribution in [0, 0.1) is 5.41 Å². The molecule has 0 bridgehead atoms. The molecule has 0 radical (unpaired) electrons. The number of amides is 1. The van der Waals surface area contributed by atoms with Gasteiger partial charge in [0.25, 0.3) is 0 Å². The maximum Gasteiger partial charge on any atom is 0.245 e. The van der Waals surface area contributed by atoms with Crippen molar-refractivity contribution < 1.29 is 4.79 Å². The number of nitrogens with zero attached hydrogens (tertiary/aromatic N) is 1. The maximum absolute atomic E-state index is 11.0. The zero-order valence-corrected chi connectivity index (χ0v) is 8.47. The van der Waals surface area contributed by atoms with E-state index in [1.165, 1.54) is 6.08 Å². The zero-order chi connectivity index (χ0) is 9.90. The van der Waals surface area contributed by atoms with Crippen LogP contribution in [0.5, 0.6) is 0 Å². The Kier molecular flexibility index (Phi) is 3.09. The first kappa shape index (κ1) is 10.3. The Balaban J connectivity index is 0.000000396. The molecular formula is C10H18N2O. The first-order valence-electron chi connectivity index (χ1n) is 4.88. The number of carbonyl (C=O) groups is 1. The van der Waals surface area contributed by atoms with Crippen molar-refractivity contribution in [3.63, 3.8) is 0 Å². The fourth-order valence-electron chi connectivity index (χ4n) is 1.75. The highest BCUT2D eigenvalue weighted by Gasteiger charge is 2.48. The third kappa shape index (κ3) is 1.75. The lowest BCUT2D eigenvalue weighted by atomic mass is 9.74. The number of likely N-dealkylation sites (tertiary alicyclic amines) is 1. The minimum atomic E-state index is 0.0718. The first-order valence-corrected chi connectivity index (χ1v) is 4.88. The van der Waals surface area contributed by atoms with E-state index < -0.39 is 0 Å². The van der Waals surface area contributed by atoms with E-state index in [4.69, 9.17) is 0 Å². The van der Waals surface area contributed by atoms with Crippen LogP contribution >= 0.6 is 0 Å². The second-order valence-corrected chi connectivity index (χ2v) is 3.50. The molecule has 2 fully saturated rings. The predicted molar refractivity (Wildman–Crippen MR) is 53.4 cm³/mol. The quantitative estimate of drug-likeness (QED) is 0.603. The minimum absolute atomic E-state index is 0.0718. The SMILES string of the molecule is C=CC(=O)N1CC2(CNC2)C1.CC. The van der Waals surface area contributed by atoms with Crippen molar-refractivity contribution >= 4 is 5.91 Å². The van der Waals surface area contributed by atoms with E-state index in [2.05, 4.69) is 11.9 Å². The predicted octanol–water partition coefficient (Wildman–Crippen LogP) is 0.630. The van der Waals surface area contributed by atoms with Crippen LogP contribution in [-0.4, -0.2) is 37.0 Å². The molecule has 13 heavy (non-hydrogen) atoms. The molecule has 0 atom stereocenters. The van der Waals surface area contributed by atoms with Gasteiger partial charge < -0.3 is 10.2 Å². The monoisotopic (exact) mass is 182 g/mol. The Morgan fingerprint density at radius 3 is 2.31 bits per heavy atom. The summed E-state index contributed by atoms with van der Waals surface area (Å²) in [5.41, 5.74) is 0.443. The summed E-state index contributed by atoms with van der Waals surface area (Å²) >= 11 is 0. The molecule has 2 aliphatic rings. The average molecular weight is 182 g/mol. The van der Waals surface area contributed by atoms with Gasteiger partial charge in [-0.3, -0.25) is 4.79 Å². The molecule has 0 aromatic carbocycles. The number of rotatable bonds is 1. The number of hydrogen-bond donors (Lipinski definition) is 1. The van der Waals surface area contributed by atoms with Crippen molar-refractivity contribution in [3.8, 4) is 0 Å². The van der Waals surface area contributed by atoms with Crippen molar-refractivity contribution in [1.82, 2.24) is 10.2 Å². The van der Waals surface area contributed by atoms with Crippen LogP contribution in [0.4, 0.5) is 0 Å². The lowest BCUT2D eigenvalue weighted by Gasteiger charge is -2.55. The van der Waals surface area contributed by atoms with Gasteiger partial charge in [0, 0.05) is 31.6 Å². The van der Waals surface area contributed by atoms with Crippen molar-refractivity contribution in [2.75, 3.05) is 26.2 Å². The van der Waals surface area contributed by atoms with Gasteiger partial charge in [-0.2, -0.15) is 0 Å². The summed E-state index contributed by atoms with van der Waals surface area (Å²) in [4.78, 5) is 12.9. The molecule has 0 unspecified atom stereocenters. The molecule has 1 spiro atoms. The van der Waals surface area contributed by atoms with E-state index in [1.807, 2.05) is 18.7 Å². The van der Waals surface area contributed by atoms with Gasteiger partial charge in [0.05, 0.1) is 0 Å². The molecule has 1 N–H and O–H groups in total. The molecule has 74 valence electrons. The average Bonchev–Trinajstić information content (AvgIpc) is 2.03. The van der Waals surface area contributed by atoms with E-state index in [1.54, 1.807) is 0 Å². The maximum atomic E-state index is 11.0. The van der Waals surface area contributed by atoms with Crippen LogP contribution in [0.25, 0.3) is 0 Å². The second-order valence-electron chi connectivity index (χ2n) is 3.50. The van der Waals surface area contributed by atoms with Gasteiger partial charge in [0.15, 0.2) is 0 Å². The van der Waals surface area contributed by atoms with Gasteiger partial charge in [-0.15, -0.1) is 0 Å². The molecule has 2 aliphatic heterocycles. The minimum Gasteiger partial charge on any atom is -0.338 e. The van der Waals surface area contributed by atoms with E-state index in [0.29, 0.717) is 5.41 Å². The molecule has 0 aliphatic carbocycles. The standard InChI is InChI=1S/C8H12N2O.C2H6/c1-2-7(11)10-5-8(6-10)3-9-4-8;1-2/h2,9H,1,3-6H2;1-2H3. The molecule has 1 amide bonds. The highest BCUT2D eigenvalue weighted by molar-refractivity contribution is 5.87. The van der Waals surface area contributed by atoms with Crippen LogP contribution < -0.4 is 5.32 Å². The fourth-order valence-corrected chi connectivity index (χ4v) is 1.75. The molecule has 0 aromatic heterocycles. The Morgan fingerprint density at radius 2 is 2.00 bits per heavy atom. The van der Waals surface area contributed by atoms with Gasteiger partial charge in [-0.25, -0.2) is 0 Å². The smallest absolute Gasteiger partial charge is 0.245 e. The van der Waals surface area contributed by atoms with Crippen molar-refractivity contribution in [2.45, 2.75) is 13.8 Å². The lowest BCUT2D eigenvalue weighted by Crippen LogP contribution is -2.71. The lowest BCUT2D eigenvalue weighted by molar-refractivity contribution is -0.141. The Labute approximate surface area is 79.8 Å². The second kappa shape index (κ2) is 3.92. The summed E-state index contributed by atoms with van der Waals surface area (Å²) in [7, 11) is 0. The highest BCUT2D eigenvalue weighted by atomic mass is 16.2. The van der Waals surface area contributed by atoms with Crippen LogP contribution in [-0.2, 0) is 4.79 Å². The molecule has 0 saturated carbocycles. The van der Waals surface area contributed by atoms with Crippen LogP contribution in [0.1, 0.15) is 13.8 Å². The molecular weight excluding hydrogens is 164 g/mol. The molecule has 0 aromatic rings. The molecule has 2 heterocycles. The topological polar surface area (TPSA) is 32.3 Å². The normalized spacial score (nSPS) is 22.2. The van der Waals surface area contributed by atoms with E-state index in [-0.39, 0.29) is 5.91 Å². The van der Waals surface area contributed by atoms with Gasteiger partial charge in [0.1, 0.15) is 0 Å². The number of nitrogens with one attached hydrogen (secondary N) is 1. The molecule has 3 heteroatoms. The van der Waals surface area contributed by atoms with Gasteiger partial charge in [0.2, 0.25) is 5.91 Å². The van der Waals surface area contributed by atoms with Crippen molar-refractivity contribution in [1.29, 1.82) is 0 Å². The molecule has 3 nitrogen and oxygen atoms in total. The largest absolute Gasteiger partial charge is 0.338 e. The summed E-state index contributed by atoms with van der Waals surface area (Å²) in [6.45, 7) is 11.4. The Hall–Kier alpha value is -0.830. The Morgan fingerprint density at radius 1 is 1.46 bits per heavy atom. The van der Waals surface area contributed by atoms with Crippen molar-refractivity contribution in [3.05, 3.63) is 12.7 Å². The first-order chi connectivity index (χ1) is 6.26. The van der Waals surface area contributed by atoms with E-state index >= 15 is 0 Å². The third-order valence-electron chi connectivity index (χ3n) is 2.54. The van der Waals surface area contributed by atoms with Gasteiger partial charge in [-0.1, -0.05) is 20.4 Å². The Bertz CT molecular complexity index is 201. The number of carbonyl (C=O) groups excluding carboxylic acids is 1. The van der Waals surface area contributed by atoms with E-state index in [9.17, 15) is 4.79 Å². The summed E-state index contributed by atoms with van der Waals surface area (Å²) in [5, 5.41) is 3.22.